The Morgan fingerprint density at radius 1 is 1.20 bits per heavy atom. The van der Waals surface area contributed by atoms with Gasteiger partial charge in [0.2, 0.25) is 0 Å². The van der Waals surface area contributed by atoms with Crippen LogP contribution in [0.5, 0.6) is 0 Å². The van der Waals surface area contributed by atoms with E-state index in [-0.39, 0.29) is 12.1 Å². The second-order valence-electron chi connectivity index (χ2n) is 5.45. The van der Waals surface area contributed by atoms with E-state index in [4.69, 9.17) is 14.2 Å². The van der Waals surface area contributed by atoms with E-state index in [1.807, 2.05) is 0 Å². The Hall–Kier alpha value is -0.870. The normalized spacial score (nSPS) is 26.9. The molecule has 0 spiro atoms. The quantitative estimate of drug-likeness (QED) is 0.325. The lowest BCUT2D eigenvalue weighted by atomic mass is 9.98. The Morgan fingerprint density at radius 2 is 1.85 bits per heavy atom. The Balaban J connectivity index is 0.000000246. The van der Waals surface area contributed by atoms with Gasteiger partial charge in [0.1, 0.15) is 6.10 Å². The van der Waals surface area contributed by atoms with E-state index in [0.717, 1.165) is 45.3 Å². The van der Waals surface area contributed by atoms with Crippen LogP contribution in [0.1, 0.15) is 52.9 Å². The molecule has 116 valence electrons. The number of rotatable bonds is 6. The van der Waals surface area contributed by atoms with Gasteiger partial charge in [-0.25, -0.2) is 4.79 Å². The molecule has 1 aliphatic heterocycles. The van der Waals surface area contributed by atoms with Gasteiger partial charge in [0.05, 0.1) is 12.2 Å². The van der Waals surface area contributed by atoms with Crippen LogP contribution in [-0.4, -0.2) is 37.5 Å². The number of carbonyl (C=O) groups is 1. The second kappa shape index (κ2) is 9.14. The van der Waals surface area contributed by atoms with Gasteiger partial charge < -0.3 is 14.2 Å². The molecule has 0 aromatic rings. The molecule has 0 bridgehead atoms. The first-order chi connectivity index (χ1) is 9.58. The summed E-state index contributed by atoms with van der Waals surface area (Å²) in [4.78, 5) is 11.2. The summed E-state index contributed by atoms with van der Waals surface area (Å²) in [5.74, 6) is -0.274. The Labute approximate surface area is 122 Å². The lowest BCUT2D eigenvalue weighted by molar-refractivity contribution is -0.145. The lowest BCUT2D eigenvalue weighted by Gasteiger charge is -2.19. The predicted octanol–water partition coefficient (Wildman–Crippen LogP) is 3.25. The van der Waals surface area contributed by atoms with Crippen molar-refractivity contribution in [3.05, 3.63) is 12.2 Å². The van der Waals surface area contributed by atoms with Crippen molar-refractivity contribution in [3.8, 4) is 0 Å². The van der Waals surface area contributed by atoms with Gasteiger partial charge in [-0.1, -0.05) is 20.4 Å². The maximum absolute atomic E-state index is 11.2. The molecular formula is C16H28O4. The largest absolute Gasteiger partial charge is 0.459 e. The molecule has 3 unspecified atom stereocenters. The molecule has 1 heterocycles. The molecule has 2 fully saturated rings. The molecular weight excluding hydrogens is 256 g/mol. The Kier molecular flexibility index (Phi) is 7.85. The summed E-state index contributed by atoms with van der Waals surface area (Å²) in [7, 11) is 0. The molecule has 2 rings (SSSR count). The Morgan fingerprint density at radius 3 is 2.35 bits per heavy atom. The van der Waals surface area contributed by atoms with E-state index in [1.165, 1.54) is 0 Å². The van der Waals surface area contributed by atoms with E-state index in [0.29, 0.717) is 17.8 Å². The first kappa shape index (κ1) is 17.2. The molecule has 0 amide bonds. The van der Waals surface area contributed by atoms with Gasteiger partial charge in [0.15, 0.2) is 0 Å². The maximum atomic E-state index is 11.2. The highest BCUT2D eigenvalue weighted by Gasteiger charge is 2.44. The number of fused-ring (bicyclic) bond motifs is 1. The van der Waals surface area contributed by atoms with Gasteiger partial charge >= 0.3 is 5.97 Å². The van der Waals surface area contributed by atoms with Crippen LogP contribution in [0.2, 0.25) is 0 Å². The van der Waals surface area contributed by atoms with Crippen molar-refractivity contribution in [1.82, 2.24) is 0 Å². The summed E-state index contributed by atoms with van der Waals surface area (Å²) in [6.07, 6.45) is 5.97. The zero-order valence-electron chi connectivity index (χ0n) is 13.0. The summed E-state index contributed by atoms with van der Waals surface area (Å²) in [5.41, 5.74) is 0.471. The number of esters is 1. The fourth-order valence-electron chi connectivity index (χ4n) is 2.12. The first-order valence-electron chi connectivity index (χ1n) is 7.68. The van der Waals surface area contributed by atoms with E-state index in [2.05, 4.69) is 20.4 Å². The van der Waals surface area contributed by atoms with Crippen LogP contribution in [0.15, 0.2) is 12.2 Å². The highest BCUT2D eigenvalue weighted by molar-refractivity contribution is 5.87. The molecule has 0 aromatic carbocycles. The van der Waals surface area contributed by atoms with Crippen molar-refractivity contribution < 1.29 is 19.0 Å². The molecule has 2 aliphatic rings. The van der Waals surface area contributed by atoms with Crippen LogP contribution in [0.3, 0.4) is 0 Å². The predicted molar refractivity (Wildman–Crippen MR) is 78.6 cm³/mol. The third-order valence-electron chi connectivity index (χ3n) is 3.28. The number of hydrogen-bond acceptors (Lipinski definition) is 4. The van der Waals surface area contributed by atoms with Crippen molar-refractivity contribution in [2.24, 2.45) is 0 Å². The molecule has 1 aliphatic carbocycles. The summed E-state index contributed by atoms with van der Waals surface area (Å²) in [6.45, 7) is 11.3. The average Bonchev–Trinajstić information content (AvgIpc) is 3.18. The van der Waals surface area contributed by atoms with E-state index in [9.17, 15) is 4.79 Å². The van der Waals surface area contributed by atoms with Crippen LogP contribution >= 0.6 is 0 Å². The van der Waals surface area contributed by atoms with Crippen molar-refractivity contribution in [3.63, 3.8) is 0 Å². The standard InChI is InChI=1S/C10H14O3.C6H14O/c1-6(2)10(11)12-7-3-4-8-9(5-7)13-8;1-3-5-7-6-4-2/h7-9H,1,3-5H2,2H3;3-6H2,1-2H3. The molecule has 0 N–H and O–H groups in total. The van der Waals surface area contributed by atoms with Gasteiger partial charge in [-0.3, -0.25) is 0 Å². The van der Waals surface area contributed by atoms with Crippen molar-refractivity contribution in [1.29, 1.82) is 0 Å². The van der Waals surface area contributed by atoms with Crippen molar-refractivity contribution in [2.75, 3.05) is 13.2 Å². The molecule has 3 atom stereocenters. The van der Waals surface area contributed by atoms with Crippen molar-refractivity contribution in [2.45, 2.75) is 71.2 Å². The first-order valence-corrected chi connectivity index (χ1v) is 7.68. The monoisotopic (exact) mass is 284 g/mol. The summed E-state index contributed by atoms with van der Waals surface area (Å²) in [6, 6.07) is 0. The van der Waals surface area contributed by atoms with Gasteiger partial charge in [0, 0.05) is 25.2 Å². The second-order valence-corrected chi connectivity index (χ2v) is 5.45. The highest BCUT2D eigenvalue weighted by atomic mass is 16.6. The molecule has 0 aromatic heterocycles. The summed E-state index contributed by atoms with van der Waals surface area (Å²) < 4.78 is 15.7. The summed E-state index contributed by atoms with van der Waals surface area (Å²) >= 11 is 0. The van der Waals surface area contributed by atoms with Gasteiger partial charge in [-0.05, 0) is 32.6 Å². The number of epoxide rings is 1. The Bertz CT molecular complexity index is 310. The molecule has 4 heteroatoms. The van der Waals surface area contributed by atoms with Gasteiger partial charge in [0.25, 0.3) is 0 Å². The molecule has 4 nitrogen and oxygen atoms in total. The van der Waals surface area contributed by atoms with Crippen LogP contribution in [0, 0.1) is 0 Å². The number of carbonyl (C=O) groups excluding carboxylic acids is 1. The minimum atomic E-state index is -0.274. The number of ether oxygens (including phenoxy) is 3. The number of hydrogen-bond donors (Lipinski definition) is 0. The van der Waals surface area contributed by atoms with Crippen LogP contribution in [0.4, 0.5) is 0 Å². The zero-order chi connectivity index (χ0) is 15.0. The summed E-state index contributed by atoms with van der Waals surface area (Å²) in [5, 5.41) is 0. The smallest absolute Gasteiger partial charge is 0.333 e. The molecule has 0 radical (unpaired) electrons. The topological polar surface area (TPSA) is 48.1 Å². The third kappa shape index (κ3) is 6.53. The minimum Gasteiger partial charge on any atom is -0.459 e. The van der Waals surface area contributed by atoms with Gasteiger partial charge in [-0.15, -0.1) is 0 Å². The third-order valence-corrected chi connectivity index (χ3v) is 3.28. The molecule has 1 saturated carbocycles. The van der Waals surface area contributed by atoms with Crippen LogP contribution in [0.25, 0.3) is 0 Å². The van der Waals surface area contributed by atoms with Crippen LogP contribution < -0.4 is 0 Å². The lowest BCUT2D eigenvalue weighted by Crippen LogP contribution is -2.24. The van der Waals surface area contributed by atoms with Gasteiger partial charge in [-0.2, -0.15) is 0 Å². The van der Waals surface area contributed by atoms with Crippen LogP contribution in [-0.2, 0) is 19.0 Å². The maximum Gasteiger partial charge on any atom is 0.333 e. The van der Waals surface area contributed by atoms with Crippen molar-refractivity contribution >= 4 is 5.97 Å². The van der Waals surface area contributed by atoms with E-state index in [1.54, 1.807) is 6.92 Å². The van der Waals surface area contributed by atoms with E-state index < -0.39 is 0 Å². The molecule has 20 heavy (non-hydrogen) atoms. The SMILES string of the molecule is C=C(C)C(=O)OC1CCC2OC2C1.CCCOCCC. The highest BCUT2D eigenvalue weighted by Crippen LogP contribution is 2.37. The fourth-order valence-corrected chi connectivity index (χ4v) is 2.12. The average molecular weight is 284 g/mol. The molecule has 1 saturated heterocycles. The minimum absolute atomic E-state index is 0.0490. The fraction of sp³-hybridized carbons (Fsp3) is 0.812. The zero-order valence-corrected chi connectivity index (χ0v) is 13.0. The van der Waals surface area contributed by atoms with E-state index >= 15 is 0 Å².